The van der Waals surface area contributed by atoms with Gasteiger partial charge >= 0.3 is 6.09 Å². The van der Waals surface area contributed by atoms with Crippen LogP contribution in [0, 0.1) is 0 Å². The third-order valence-corrected chi connectivity index (χ3v) is 4.03. The molecule has 6 nitrogen and oxygen atoms in total. The molecule has 0 bridgehead atoms. The zero-order chi connectivity index (χ0) is 16.0. The molecule has 2 rings (SSSR count). The van der Waals surface area contributed by atoms with Crippen molar-refractivity contribution in [3.05, 3.63) is 0 Å². The van der Waals surface area contributed by atoms with Gasteiger partial charge in [0.25, 0.3) is 0 Å². The van der Waals surface area contributed by atoms with Crippen molar-refractivity contribution in [2.45, 2.75) is 57.8 Å². The van der Waals surface area contributed by atoms with Gasteiger partial charge in [0.15, 0.2) is 0 Å². The molecular formula is C16H31N3O3. The molecule has 2 heterocycles. The Labute approximate surface area is 133 Å². The first kappa shape index (κ1) is 17.5. The largest absolute Gasteiger partial charge is 0.444 e. The number of alkyl carbamates (subject to hydrolysis) is 1. The lowest BCUT2D eigenvalue weighted by molar-refractivity contribution is -0.0468. The van der Waals surface area contributed by atoms with Crippen LogP contribution >= 0.6 is 0 Å². The maximum atomic E-state index is 11.5. The number of morpholine rings is 1. The molecule has 22 heavy (non-hydrogen) atoms. The standard InChI is InChI=1S/C16H31N3O3/c1-16(2,3)22-15(20)18-8-5-7-17-10-14-11-19-9-4-6-13(19)12-21-14/h13-14,17H,4-12H2,1-3H3,(H,18,20). The van der Waals surface area contributed by atoms with Crippen LogP contribution in [0.15, 0.2) is 0 Å². The Balaban J connectivity index is 1.47. The quantitative estimate of drug-likeness (QED) is 0.725. The highest BCUT2D eigenvalue weighted by atomic mass is 16.6. The van der Waals surface area contributed by atoms with E-state index in [0.717, 1.165) is 32.7 Å². The van der Waals surface area contributed by atoms with E-state index < -0.39 is 5.60 Å². The number of fused-ring (bicyclic) bond motifs is 1. The van der Waals surface area contributed by atoms with Crippen molar-refractivity contribution in [1.82, 2.24) is 15.5 Å². The Morgan fingerprint density at radius 2 is 2.18 bits per heavy atom. The van der Waals surface area contributed by atoms with Crippen LogP contribution in [0.2, 0.25) is 0 Å². The first-order chi connectivity index (χ1) is 10.4. The molecule has 0 aromatic rings. The number of carbonyl (C=O) groups excluding carboxylic acids is 1. The highest BCUT2D eigenvalue weighted by Gasteiger charge is 2.31. The number of nitrogens with zero attached hydrogens (tertiary/aromatic N) is 1. The molecule has 2 fully saturated rings. The molecule has 2 aliphatic heterocycles. The van der Waals surface area contributed by atoms with Crippen LogP contribution in [0.1, 0.15) is 40.0 Å². The van der Waals surface area contributed by atoms with E-state index in [1.54, 1.807) is 0 Å². The lowest BCUT2D eigenvalue weighted by atomic mass is 10.2. The molecule has 0 spiro atoms. The van der Waals surface area contributed by atoms with E-state index in [0.29, 0.717) is 18.7 Å². The monoisotopic (exact) mass is 313 g/mol. The number of hydrogen-bond donors (Lipinski definition) is 2. The SMILES string of the molecule is CC(C)(C)OC(=O)NCCCNCC1CN2CCCC2CO1. The van der Waals surface area contributed by atoms with Gasteiger partial charge in [-0.2, -0.15) is 0 Å². The maximum absolute atomic E-state index is 11.5. The summed E-state index contributed by atoms with van der Waals surface area (Å²) in [4.78, 5) is 14.0. The number of carbonyl (C=O) groups is 1. The molecular weight excluding hydrogens is 282 g/mol. The molecule has 0 radical (unpaired) electrons. The summed E-state index contributed by atoms with van der Waals surface area (Å²) < 4.78 is 11.1. The third-order valence-electron chi connectivity index (χ3n) is 4.03. The van der Waals surface area contributed by atoms with Gasteiger partial charge in [-0.15, -0.1) is 0 Å². The van der Waals surface area contributed by atoms with Crippen molar-refractivity contribution in [3.63, 3.8) is 0 Å². The summed E-state index contributed by atoms with van der Waals surface area (Å²) in [5.74, 6) is 0. The van der Waals surface area contributed by atoms with Gasteiger partial charge in [-0.1, -0.05) is 0 Å². The van der Waals surface area contributed by atoms with E-state index in [9.17, 15) is 4.79 Å². The van der Waals surface area contributed by atoms with Crippen molar-refractivity contribution in [3.8, 4) is 0 Å². The van der Waals surface area contributed by atoms with E-state index >= 15 is 0 Å². The number of rotatable bonds is 6. The van der Waals surface area contributed by atoms with Crippen molar-refractivity contribution in [2.75, 3.05) is 39.3 Å². The average molecular weight is 313 g/mol. The molecule has 0 aliphatic carbocycles. The van der Waals surface area contributed by atoms with E-state index in [1.807, 2.05) is 20.8 Å². The topological polar surface area (TPSA) is 62.8 Å². The second-order valence-corrected chi connectivity index (χ2v) is 7.23. The Hall–Kier alpha value is -0.850. The summed E-state index contributed by atoms with van der Waals surface area (Å²) in [6.45, 7) is 11.1. The molecule has 0 aromatic carbocycles. The number of nitrogens with one attached hydrogen (secondary N) is 2. The van der Waals surface area contributed by atoms with Crippen LogP contribution in [-0.2, 0) is 9.47 Å². The lowest BCUT2D eigenvalue weighted by Crippen LogP contribution is -2.49. The van der Waals surface area contributed by atoms with Gasteiger partial charge in [-0.05, 0) is 53.1 Å². The van der Waals surface area contributed by atoms with Crippen LogP contribution in [0.25, 0.3) is 0 Å². The van der Waals surface area contributed by atoms with Crippen LogP contribution in [0.3, 0.4) is 0 Å². The van der Waals surface area contributed by atoms with Gasteiger partial charge in [-0.25, -0.2) is 4.79 Å². The van der Waals surface area contributed by atoms with Crippen LogP contribution in [0.5, 0.6) is 0 Å². The van der Waals surface area contributed by atoms with Gasteiger partial charge in [0, 0.05) is 25.7 Å². The number of hydrogen-bond acceptors (Lipinski definition) is 5. The van der Waals surface area contributed by atoms with Gasteiger partial charge in [0.1, 0.15) is 5.60 Å². The summed E-state index contributed by atoms with van der Waals surface area (Å²) in [5.41, 5.74) is -0.436. The first-order valence-corrected chi connectivity index (χ1v) is 8.47. The van der Waals surface area contributed by atoms with Crippen LogP contribution in [-0.4, -0.2) is 68.1 Å². The normalized spacial score (nSPS) is 25.8. The minimum atomic E-state index is -0.436. The van der Waals surface area contributed by atoms with Crippen molar-refractivity contribution >= 4 is 6.09 Å². The molecule has 0 saturated carbocycles. The van der Waals surface area contributed by atoms with Gasteiger partial charge < -0.3 is 20.1 Å². The molecule has 6 heteroatoms. The minimum absolute atomic E-state index is 0.299. The summed E-state index contributed by atoms with van der Waals surface area (Å²) in [7, 11) is 0. The highest BCUT2D eigenvalue weighted by Crippen LogP contribution is 2.22. The predicted molar refractivity (Wildman–Crippen MR) is 86.1 cm³/mol. The molecule has 2 atom stereocenters. The molecule has 2 unspecified atom stereocenters. The van der Waals surface area contributed by atoms with Crippen molar-refractivity contribution < 1.29 is 14.3 Å². The Bertz CT molecular complexity index is 357. The predicted octanol–water partition coefficient (Wildman–Crippen LogP) is 1.35. The zero-order valence-corrected chi connectivity index (χ0v) is 14.2. The van der Waals surface area contributed by atoms with Gasteiger partial charge in [-0.3, -0.25) is 4.90 Å². The smallest absolute Gasteiger partial charge is 0.407 e. The highest BCUT2D eigenvalue weighted by molar-refractivity contribution is 5.67. The molecule has 2 aliphatic rings. The Kier molecular flexibility index (Phi) is 6.47. The molecule has 2 N–H and O–H groups in total. The van der Waals surface area contributed by atoms with Crippen molar-refractivity contribution in [1.29, 1.82) is 0 Å². The fourth-order valence-corrected chi connectivity index (χ4v) is 2.99. The van der Waals surface area contributed by atoms with E-state index in [4.69, 9.17) is 9.47 Å². The minimum Gasteiger partial charge on any atom is -0.444 e. The fourth-order valence-electron chi connectivity index (χ4n) is 2.99. The summed E-state index contributed by atoms with van der Waals surface area (Å²) in [5, 5.41) is 6.18. The second kappa shape index (κ2) is 8.13. The third kappa shape index (κ3) is 6.10. The van der Waals surface area contributed by atoms with Crippen molar-refractivity contribution in [2.24, 2.45) is 0 Å². The first-order valence-electron chi connectivity index (χ1n) is 8.47. The van der Waals surface area contributed by atoms with E-state index in [2.05, 4.69) is 15.5 Å². The fraction of sp³-hybridized carbons (Fsp3) is 0.938. The summed E-state index contributed by atoms with van der Waals surface area (Å²) in [6, 6.07) is 0.661. The second-order valence-electron chi connectivity index (χ2n) is 7.23. The van der Waals surface area contributed by atoms with E-state index in [1.165, 1.54) is 19.4 Å². The Morgan fingerprint density at radius 3 is 2.95 bits per heavy atom. The lowest BCUT2D eigenvalue weighted by Gasteiger charge is -2.35. The van der Waals surface area contributed by atoms with Crippen LogP contribution in [0.4, 0.5) is 4.79 Å². The van der Waals surface area contributed by atoms with Crippen LogP contribution < -0.4 is 10.6 Å². The van der Waals surface area contributed by atoms with Gasteiger partial charge in [0.05, 0.1) is 12.7 Å². The number of ether oxygens (including phenoxy) is 2. The molecule has 128 valence electrons. The average Bonchev–Trinajstić information content (AvgIpc) is 2.88. The number of amides is 1. The van der Waals surface area contributed by atoms with Gasteiger partial charge in [0.2, 0.25) is 0 Å². The molecule has 0 aromatic heterocycles. The molecule has 1 amide bonds. The van der Waals surface area contributed by atoms with E-state index in [-0.39, 0.29) is 6.09 Å². The molecule has 2 saturated heterocycles. The maximum Gasteiger partial charge on any atom is 0.407 e. The zero-order valence-electron chi connectivity index (χ0n) is 14.2. The summed E-state index contributed by atoms with van der Waals surface area (Å²) in [6.07, 6.45) is 3.44. The summed E-state index contributed by atoms with van der Waals surface area (Å²) >= 11 is 0. The Morgan fingerprint density at radius 1 is 1.36 bits per heavy atom.